The Morgan fingerprint density at radius 1 is 1.09 bits per heavy atom. The van der Waals surface area contributed by atoms with Crippen molar-refractivity contribution in [2.45, 2.75) is 97.6 Å². The third-order valence-electron chi connectivity index (χ3n) is 7.29. The van der Waals surface area contributed by atoms with Crippen LogP contribution in [0.5, 0.6) is 0 Å². The summed E-state index contributed by atoms with van der Waals surface area (Å²) < 4.78 is 6.55. The van der Waals surface area contributed by atoms with Gasteiger partial charge in [0, 0.05) is 20.6 Å². The van der Waals surface area contributed by atoms with E-state index in [4.69, 9.17) is 14.6 Å². The number of nitrogens with zero attached hydrogens (tertiary/aromatic N) is 1. The molecule has 1 saturated carbocycles. The van der Waals surface area contributed by atoms with Crippen molar-refractivity contribution in [2.75, 3.05) is 13.2 Å². The quantitative estimate of drug-likeness (QED) is 0.346. The number of benzene rings is 1. The average molecular weight is 600 g/mol. The molecular formula is C30H50INO3. The van der Waals surface area contributed by atoms with Crippen LogP contribution in [0.3, 0.4) is 0 Å². The SMILES string of the molecule is CC.CC(=O)O.CC1CC=CC=C1N1CCCC(C)C1COC1CCC(c2ccccc2)CC1.I.[HH]. The van der Waals surface area contributed by atoms with Crippen molar-refractivity contribution in [3.05, 3.63) is 59.8 Å². The zero-order chi connectivity index (χ0) is 24.9. The van der Waals surface area contributed by atoms with Gasteiger partial charge in [0.2, 0.25) is 0 Å². The number of rotatable bonds is 5. The fourth-order valence-corrected chi connectivity index (χ4v) is 5.46. The molecule has 1 aliphatic heterocycles. The largest absolute Gasteiger partial charge is 0.481 e. The Hall–Kier alpha value is -1.34. The number of piperidine rings is 1. The van der Waals surface area contributed by atoms with E-state index >= 15 is 0 Å². The summed E-state index contributed by atoms with van der Waals surface area (Å²) in [6.45, 7) is 12.0. The van der Waals surface area contributed by atoms with E-state index in [2.05, 4.69) is 67.3 Å². The molecule has 0 aromatic heterocycles. The van der Waals surface area contributed by atoms with Crippen molar-refractivity contribution in [1.29, 1.82) is 0 Å². The third kappa shape index (κ3) is 10.3. The number of carbonyl (C=O) groups is 1. The first-order chi connectivity index (χ1) is 16.5. The number of ether oxygens (including phenoxy) is 1. The molecule has 0 bridgehead atoms. The Labute approximate surface area is 232 Å². The van der Waals surface area contributed by atoms with Gasteiger partial charge in [-0.05, 0) is 74.3 Å². The molecule has 1 N–H and O–H groups in total. The second-order valence-corrected chi connectivity index (χ2v) is 9.77. The molecule has 0 amide bonds. The maximum Gasteiger partial charge on any atom is 0.300 e. The molecule has 1 saturated heterocycles. The number of likely N-dealkylation sites (tertiary alicyclic amines) is 1. The first-order valence-electron chi connectivity index (χ1n) is 13.4. The van der Waals surface area contributed by atoms with Gasteiger partial charge in [-0.3, -0.25) is 4.79 Å². The van der Waals surface area contributed by atoms with Gasteiger partial charge in [-0.2, -0.15) is 0 Å². The molecule has 1 heterocycles. The van der Waals surface area contributed by atoms with Crippen LogP contribution in [0, 0.1) is 11.8 Å². The Balaban J connectivity index is 0.00000140. The van der Waals surface area contributed by atoms with Gasteiger partial charge in [-0.15, -0.1) is 24.0 Å². The van der Waals surface area contributed by atoms with E-state index in [0.717, 1.165) is 19.4 Å². The zero-order valence-electron chi connectivity index (χ0n) is 22.5. The standard InChI is InChI=1S/C26H37NO.C2H4O2.C2H6.HI.H2/c1-20-9-6-7-13-25(20)27-18-8-10-21(2)26(27)19-28-24-16-14-23(15-17-24)22-11-4-3-5-12-22;1-2(3)4;1-2;;/h3-7,11-13,20-21,23-24,26H,8-10,14-19H2,1-2H3;1H3,(H,3,4);1-2H3;2*1H. The molecule has 3 unspecified atom stereocenters. The predicted molar refractivity (Wildman–Crippen MR) is 159 cm³/mol. The topological polar surface area (TPSA) is 49.8 Å². The van der Waals surface area contributed by atoms with Crippen molar-refractivity contribution in [1.82, 2.24) is 4.90 Å². The van der Waals surface area contributed by atoms with Crippen molar-refractivity contribution in [2.24, 2.45) is 11.8 Å². The lowest BCUT2D eigenvalue weighted by Gasteiger charge is -2.45. The molecule has 5 heteroatoms. The fraction of sp³-hybridized carbons (Fsp3) is 0.633. The maximum atomic E-state index is 9.00. The van der Waals surface area contributed by atoms with Crippen LogP contribution in [0.1, 0.15) is 92.5 Å². The highest BCUT2D eigenvalue weighted by atomic mass is 127. The van der Waals surface area contributed by atoms with Crippen LogP contribution in [0.2, 0.25) is 0 Å². The average Bonchev–Trinajstić information content (AvgIpc) is 2.85. The highest BCUT2D eigenvalue weighted by Crippen LogP contribution is 2.36. The summed E-state index contributed by atoms with van der Waals surface area (Å²) in [7, 11) is 0. The predicted octanol–water partition coefficient (Wildman–Crippen LogP) is 8.29. The molecule has 2 fully saturated rings. The number of aliphatic carboxylic acids is 1. The minimum atomic E-state index is -0.833. The smallest absolute Gasteiger partial charge is 0.300 e. The Morgan fingerprint density at radius 3 is 2.31 bits per heavy atom. The lowest BCUT2D eigenvalue weighted by Crippen LogP contribution is -2.48. The summed E-state index contributed by atoms with van der Waals surface area (Å²) in [4.78, 5) is 11.7. The van der Waals surface area contributed by atoms with E-state index in [1.807, 2.05) is 13.8 Å². The molecule has 35 heavy (non-hydrogen) atoms. The summed E-state index contributed by atoms with van der Waals surface area (Å²) >= 11 is 0. The van der Waals surface area contributed by atoms with E-state index in [-0.39, 0.29) is 25.4 Å². The molecule has 200 valence electrons. The third-order valence-corrected chi connectivity index (χ3v) is 7.29. The summed E-state index contributed by atoms with van der Waals surface area (Å²) in [5.74, 6) is 1.25. The summed E-state index contributed by atoms with van der Waals surface area (Å²) in [6.07, 6.45) is 16.1. The van der Waals surface area contributed by atoms with E-state index < -0.39 is 5.97 Å². The zero-order valence-corrected chi connectivity index (χ0v) is 24.8. The molecule has 4 nitrogen and oxygen atoms in total. The van der Waals surface area contributed by atoms with Crippen LogP contribution in [0.15, 0.2) is 54.3 Å². The van der Waals surface area contributed by atoms with Crippen LogP contribution in [-0.4, -0.2) is 41.3 Å². The van der Waals surface area contributed by atoms with Gasteiger partial charge in [0.25, 0.3) is 5.97 Å². The molecule has 1 aromatic carbocycles. The van der Waals surface area contributed by atoms with Gasteiger partial charge in [-0.1, -0.05) is 70.2 Å². The van der Waals surface area contributed by atoms with Gasteiger partial charge < -0.3 is 14.7 Å². The molecular weight excluding hydrogens is 549 g/mol. The second kappa shape index (κ2) is 17.2. The highest BCUT2D eigenvalue weighted by molar-refractivity contribution is 14.0. The van der Waals surface area contributed by atoms with E-state index in [1.54, 1.807) is 0 Å². The molecule has 2 aliphatic carbocycles. The molecule has 1 aromatic rings. The monoisotopic (exact) mass is 599 g/mol. The molecule has 4 rings (SSSR count). The first kappa shape index (κ1) is 31.7. The Kier molecular flexibility index (Phi) is 15.5. The number of hydrogen-bond acceptors (Lipinski definition) is 3. The summed E-state index contributed by atoms with van der Waals surface area (Å²) in [6, 6.07) is 11.6. The first-order valence-corrected chi connectivity index (χ1v) is 13.4. The Bertz CT molecular complexity index is 774. The van der Waals surface area contributed by atoms with E-state index in [9.17, 15) is 0 Å². The highest BCUT2D eigenvalue weighted by Gasteiger charge is 2.33. The normalized spacial score (nSPS) is 27.7. The van der Waals surface area contributed by atoms with Crippen LogP contribution < -0.4 is 0 Å². The molecule has 0 spiro atoms. The van der Waals surface area contributed by atoms with Gasteiger partial charge in [0.15, 0.2) is 0 Å². The minimum Gasteiger partial charge on any atom is -0.481 e. The number of hydrogen-bond donors (Lipinski definition) is 1. The molecule has 3 atom stereocenters. The van der Waals surface area contributed by atoms with Gasteiger partial charge >= 0.3 is 0 Å². The van der Waals surface area contributed by atoms with Crippen LogP contribution >= 0.6 is 24.0 Å². The van der Waals surface area contributed by atoms with Crippen LogP contribution in [-0.2, 0) is 9.53 Å². The molecule has 0 radical (unpaired) electrons. The van der Waals surface area contributed by atoms with Crippen molar-refractivity contribution >= 4 is 29.9 Å². The Morgan fingerprint density at radius 2 is 1.71 bits per heavy atom. The lowest BCUT2D eigenvalue weighted by atomic mass is 9.82. The molecule has 3 aliphatic rings. The van der Waals surface area contributed by atoms with E-state index in [1.165, 1.54) is 62.8 Å². The minimum absolute atomic E-state index is 0. The number of halogens is 1. The van der Waals surface area contributed by atoms with Crippen molar-refractivity contribution in [3.63, 3.8) is 0 Å². The van der Waals surface area contributed by atoms with E-state index in [0.29, 0.717) is 24.0 Å². The van der Waals surface area contributed by atoms with Gasteiger partial charge in [-0.25, -0.2) is 0 Å². The fourth-order valence-electron chi connectivity index (χ4n) is 5.46. The van der Waals surface area contributed by atoms with Gasteiger partial charge in [0.05, 0.1) is 18.8 Å². The number of carboxylic acids is 1. The second-order valence-electron chi connectivity index (χ2n) is 9.77. The lowest BCUT2D eigenvalue weighted by molar-refractivity contribution is -0.134. The summed E-state index contributed by atoms with van der Waals surface area (Å²) in [5, 5.41) is 7.42. The van der Waals surface area contributed by atoms with Crippen LogP contribution in [0.4, 0.5) is 0 Å². The summed E-state index contributed by atoms with van der Waals surface area (Å²) in [5.41, 5.74) is 3.05. The van der Waals surface area contributed by atoms with Crippen LogP contribution in [0.25, 0.3) is 0 Å². The number of carboxylic acid groups (broad SMARTS) is 1. The number of allylic oxidation sites excluding steroid dienone is 4. The maximum absolute atomic E-state index is 9.00. The van der Waals surface area contributed by atoms with Gasteiger partial charge in [0.1, 0.15) is 0 Å². The van der Waals surface area contributed by atoms with Crippen molar-refractivity contribution in [3.8, 4) is 0 Å². The van der Waals surface area contributed by atoms with Crippen molar-refractivity contribution < 1.29 is 16.1 Å².